The van der Waals surface area contributed by atoms with Gasteiger partial charge in [0, 0.05) is 12.7 Å². The first-order valence-corrected chi connectivity index (χ1v) is 7.69. The van der Waals surface area contributed by atoms with E-state index in [1.165, 1.54) is 0 Å². The van der Waals surface area contributed by atoms with Crippen LogP contribution in [0.3, 0.4) is 0 Å². The Morgan fingerprint density at radius 1 is 1.23 bits per heavy atom. The maximum absolute atomic E-state index is 12.3. The maximum atomic E-state index is 12.3. The fraction of sp³-hybridized carbons (Fsp3) is 0.316. The van der Waals surface area contributed by atoms with Crippen molar-refractivity contribution in [3.05, 3.63) is 64.7 Å². The van der Waals surface area contributed by atoms with Gasteiger partial charge in [-0.25, -0.2) is 0 Å². The number of nitrogens with zero attached hydrogens (tertiary/aromatic N) is 1. The first kappa shape index (κ1) is 14.8. The van der Waals surface area contributed by atoms with Crippen molar-refractivity contribution < 1.29 is 9.90 Å². The van der Waals surface area contributed by atoms with E-state index >= 15 is 0 Å². The molecule has 114 valence electrons. The number of aliphatic hydroxyl groups excluding tert-OH is 1. The molecule has 0 radical (unpaired) electrons. The van der Waals surface area contributed by atoms with Gasteiger partial charge in [-0.3, -0.25) is 4.79 Å². The molecule has 2 aromatic carbocycles. The van der Waals surface area contributed by atoms with Gasteiger partial charge in [0.1, 0.15) is 6.10 Å². The zero-order valence-corrected chi connectivity index (χ0v) is 13.2. The fourth-order valence-corrected chi connectivity index (χ4v) is 3.28. The highest BCUT2D eigenvalue weighted by Crippen LogP contribution is 2.40. The third kappa shape index (κ3) is 2.22. The minimum Gasteiger partial charge on any atom is -0.384 e. The molecule has 0 saturated carbocycles. The van der Waals surface area contributed by atoms with Gasteiger partial charge in [-0.1, -0.05) is 37.3 Å². The van der Waals surface area contributed by atoms with Crippen LogP contribution in [0, 0.1) is 6.92 Å². The molecule has 2 unspecified atom stereocenters. The quantitative estimate of drug-likeness (QED) is 0.940. The average molecular weight is 295 g/mol. The van der Waals surface area contributed by atoms with Crippen molar-refractivity contribution in [3.8, 4) is 0 Å². The maximum Gasteiger partial charge on any atom is 0.234 e. The summed E-state index contributed by atoms with van der Waals surface area (Å²) >= 11 is 0. The Balaban J connectivity index is 2.03. The minimum atomic E-state index is -0.662. The number of rotatable bonds is 3. The lowest BCUT2D eigenvalue weighted by atomic mass is 9.92. The standard InChI is InChI=1S/C19H21NO2/c1-4-14-16-11-13(9-10-17(16)20(3)19(14)22)18(21)15-8-6-5-7-12(15)2/h5-11,14,18,21H,4H2,1-3H3. The van der Waals surface area contributed by atoms with Gasteiger partial charge in [0.2, 0.25) is 5.91 Å². The number of benzene rings is 2. The largest absolute Gasteiger partial charge is 0.384 e. The van der Waals surface area contributed by atoms with Crippen LogP contribution >= 0.6 is 0 Å². The van der Waals surface area contributed by atoms with Crippen LogP contribution in [0.15, 0.2) is 42.5 Å². The summed E-state index contributed by atoms with van der Waals surface area (Å²) in [7, 11) is 1.81. The normalized spacial score (nSPS) is 18.5. The molecule has 0 aromatic heterocycles. The molecular weight excluding hydrogens is 274 g/mol. The topological polar surface area (TPSA) is 40.5 Å². The van der Waals surface area contributed by atoms with Gasteiger partial charge < -0.3 is 10.0 Å². The molecule has 3 heteroatoms. The van der Waals surface area contributed by atoms with Crippen LogP contribution in [0.2, 0.25) is 0 Å². The van der Waals surface area contributed by atoms with E-state index in [2.05, 4.69) is 0 Å². The Morgan fingerprint density at radius 3 is 2.64 bits per heavy atom. The van der Waals surface area contributed by atoms with E-state index in [-0.39, 0.29) is 11.8 Å². The number of hydrogen-bond acceptors (Lipinski definition) is 2. The van der Waals surface area contributed by atoms with E-state index in [9.17, 15) is 9.90 Å². The number of aliphatic hydroxyl groups is 1. The van der Waals surface area contributed by atoms with E-state index in [1.54, 1.807) is 4.90 Å². The van der Waals surface area contributed by atoms with Crippen LogP contribution in [0.1, 0.15) is 47.6 Å². The van der Waals surface area contributed by atoms with Crippen LogP contribution in [0.25, 0.3) is 0 Å². The van der Waals surface area contributed by atoms with Gasteiger partial charge in [-0.15, -0.1) is 0 Å². The number of anilines is 1. The van der Waals surface area contributed by atoms with Gasteiger partial charge in [0.05, 0.1) is 5.92 Å². The summed E-state index contributed by atoms with van der Waals surface area (Å²) < 4.78 is 0. The van der Waals surface area contributed by atoms with E-state index in [4.69, 9.17) is 0 Å². The number of carbonyl (C=O) groups excluding carboxylic acids is 1. The fourth-order valence-electron chi connectivity index (χ4n) is 3.28. The van der Waals surface area contributed by atoms with Crippen LogP contribution in [0.4, 0.5) is 5.69 Å². The first-order valence-electron chi connectivity index (χ1n) is 7.69. The van der Waals surface area contributed by atoms with Gasteiger partial charge in [-0.05, 0) is 47.7 Å². The lowest BCUT2D eigenvalue weighted by molar-refractivity contribution is -0.119. The molecule has 2 atom stereocenters. The third-order valence-electron chi connectivity index (χ3n) is 4.62. The number of amides is 1. The summed E-state index contributed by atoms with van der Waals surface area (Å²) in [5.41, 5.74) is 4.80. The number of likely N-dealkylation sites (N-methyl/N-ethyl adjacent to an activating group) is 1. The van der Waals surface area contributed by atoms with Crippen molar-refractivity contribution in [3.63, 3.8) is 0 Å². The Kier molecular flexibility index (Phi) is 3.75. The van der Waals surface area contributed by atoms with E-state index in [1.807, 2.05) is 63.4 Å². The van der Waals surface area contributed by atoms with Crippen molar-refractivity contribution in [2.24, 2.45) is 0 Å². The van der Waals surface area contributed by atoms with E-state index < -0.39 is 6.10 Å². The summed E-state index contributed by atoms with van der Waals surface area (Å²) in [4.78, 5) is 14.0. The van der Waals surface area contributed by atoms with Crippen molar-refractivity contribution in [1.29, 1.82) is 0 Å². The molecule has 3 rings (SSSR count). The SMILES string of the molecule is CCC1C(=O)N(C)c2ccc(C(O)c3ccccc3C)cc21. The number of hydrogen-bond donors (Lipinski definition) is 1. The molecule has 1 heterocycles. The molecule has 0 fully saturated rings. The molecule has 22 heavy (non-hydrogen) atoms. The summed E-state index contributed by atoms with van der Waals surface area (Å²) in [6.07, 6.45) is 0.116. The van der Waals surface area contributed by atoms with Crippen molar-refractivity contribution >= 4 is 11.6 Å². The predicted octanol–water partition coefficient (Wildman–Crippen LogP) is 3.55. The lowest BCUT2D eigenvalue weighted by Crippen LogP contribution is -2.23. The lowest BCUT2D eigenvalue weighted by Gasteiger charge is -2.16. The molecule has 1 amide bonds. The van der Waals surface area contributed by atoms with Crippen LogP contribution in [0.5, 0.6) is 0 Å². The van der Waals surface area contributed by atoms with Gasteiger partial charge in [-0.2, -0.15) is 0 Å². The smallest absolute Gasteiger partial charge is 0.234 e. The Morgan fingerprint density at radius 2 is 1.95 bits per heavy atom. The highest BCUT2D eigenvalue weighted by Gasteiger charge is 2.34. The number of aryl methyl sites for hydroxylation is 1. The summed E-state index contributed by atoms with van der Waals surface area (Å²) in [5.74, 6) is 0.0454. The monoisotopic (exact) mass is 295 g/mol. The van der Waals surface area contributed by atoms with Gasteiger partial charge >= 0.3 is 0 Å². The van der Waals surface area contributed by atoms with Crippen molar-refractivity contribution in [2.75, 3.05) is 11.9 Å². The van der Waals surface area contributed by atoms with Gasteiger partial charge in [0.25, 0.3) is 0 Å². The first-order chi connectivity index (χ1) is 10.5. The third-order valence-corrected chi connectivity index (χ3v) is 4.62. The summed E-state index contributed by atoms with van der Waals surface area (Å²) in [6.45, 7) is 4.02. The zero-order valence-electron chi connectivity index (χ0n) is 13.2. The molecule has 0 aliphatic carbocycles. The van der Waals surface area contributed by atoms with Crippen molar-refractivity contribution in [2.45, 2.75) is 32.3 Å². The molecule has 2 aromatic rings. The minimum absolute atomic E-state index is 0.0935. The second-order valence-electron chi connectivity index (χ2n) is 5.94. The van der Waals surface area contributed by atoms with Crippen molar-refractivity contribution in [1.82, 2.24) is 0 Å². The van der Waals surface area contributed by atoms with Gasteiger partial charge in [0.15, 0.2) is 0 Å². The molecule has 0 bridgehead atoms. The molecule has 0 saturated heterocycles. The van der Waals surface area contributed by atoms with Crippen LogP contribution in [-0.2, 0) is 4.79 Å². The zero-order chi connectivity index (χ0) is 15.9. The van der Waals surface area contributed by atoms with E-state index in [0.717, 1.165) is 34.4 Å². The average Bonchev–Trinajstić information content (AvgIpc) is 2.77. The van der Waals surface area contributed by atoms with E-state index in [0.29, 0.717) is 0 Å². The predicted molar refractivity (Wildman–Crippen MR) is 88.1 cm³/mol. The Bertz CT molecular complexity index is 723. The molecule has 1 aliphatic rings. The number of carbonyl (C=O) groups is 1. The highest BCUT2D eigenvalue weighted by atomic mass is 16.3. The Labute approximate surface area is 131 Å². The molecular formula is C19H21NO2. The summed E-state index contributed by atoms with van der Waals surface area (Å²) in [5, 5.41) is 10.7. The van der Waals surface area contributed by atoms with Crippen LogP contribution in [-0.4, -0.2) is 18.1 Å². The number of fused-ring (bicyclic) bond motifs is 1. The Hall–Kier alpha value is -2.13. The highest BCUT2D eigenvalue weighted by molar-refractivity contribution is 6.04. The molecule has 1 N–H and O–H groups in total. The molecule has 1 aliphatic heterocycles. The second kappa shape index (κ2) is 5.58. The second-order valence-corrected chi connectivity index (χ2v) is 5.94. The summed E-state index contributed by atoms with van der Waals surface area (Å²) in [6, 6.07) is 13.7. The van der Waals surface area contributed by atoms with Crippen LogP contribution < -0.4 is 4.90 Å². The molecule has 3 nitrogen and oxygen atoms in total. The molecule has 0 spiro atoms.